The summed E-state index contributed by atoms with van der Waals surface area (Å²) in [6, 6.07) is 13.0. The Hall–Kier alpha value is -2.47. The lowest BCUT2D eigenvalue weighted by atomic mass is 9.82. The summed E-state index contributed by atoms with van der Waals surface area (Å²) in [5, 5.41) is 0. The number of hydrogen-bond donors (Lipinski definition) is 0. The molecule has 1 saturated heterocycles. The molecule has 6 heteroatoms. The van der Waals surface area contributed by atoms with E-state index in [4.69, 9.17) is 9.47 Å². The van der Waals surface area contributed by atoms with Crippen LogP contribution in [0.1, 0.15) is 40.7 Å². The Morgan fingerprint density at radius 2 is 1.74 bits per heavy atom. The fourth-order valence-electron chi connectivity index (χ4n) is 4.85. The molecule has 2 aromatic carbocycles. The summed E-state index contributed by atoms with van der Waals surface area (Å²) in [5.41, 5.74) is 0.961. The van der Waals surface area contributed by atoms with Crippen molar-refractivity contribution in [3.8, 4) is 11.5 Å². The van der Waals surface area contributed by atoms with Crippen LogP contribution < -0.4 is 9.47 Å². The highest BCUT2D eigenvalue weighted by molar-refractivity contribution is 6.03. The molecule has 0 spiro atoms. The van der Waals surface area contributed by atoms with Crippen LogP contribution >= 0.6 is 0 Å². The maximum Gasteiger partial charge on any atom is 0.166 e. The first-order chi connectivity index (χ1) is 14.9. The molecule has 0 radical (unpaired) electrons. The number of carbonyl (C=O) groups excluding carboxylic acids is 1. The minimum atomic E-state index is -1.44. The first-order valence-electron chi connectivity index (χ1n) is 10.8. The van der Waals surface area contributed by atoms with Gasteiger partial charge in [-0.1, -0.05) is 30.3 Å². The number of ketones is 1. The molecule has 31 heavy (non-hydrogen) atoms. The van der Waals surface area contributed by atoms with Crippen molar-refractivity contribution in [3.63, 3.8) is 0 Å². The van der Waals surface area contributed by atoms with E-state index < -0.39 is 17.9 Å². The van der Waals surface area contributed by atoms with E-state index in [-0.39, 0.29) is 25.0 Å². The number of alkyl halides is 2. The third-order valence-corrected chi connectivity index (χ3v) is 6.66. The summed E-state index contributed by atoms with van der Waals surface area (Å²) in [4.78, 5) is 14.6. The molecule has 1 aliphatic heterocycles. The van der Waals surface area contributed by atoms with E-state index in [9.17, 15) is 9.18 Å². The van der Waals surface area contributed by atoms with Gasteiger partial charge in [-0.2, -0.15) is 0 Å². The molecule has 2 aliphatic rings. The lowest BCUT2D eigenvalue weighted by Gasteiger charge is -2.38. The normalized spacial score (nSPS) is 21.5. The van der Waals surface area contributed by atoms with E-state index in [1.165, 1.54) is 7.11 Å². The van der Waals surface area contributed by atoms with Crippen molar-refractivity contribution in [3.05, 3.63) is 59.2 Å². The first kappa shape index (κ1) is 21.8. The molecule has 2 unspecified atom stereocenters. The number of Topliss-reactive ketones (excluding diaryl/α,β-unsaturated/α-hetero) is 1. The van der Waals surface area contributed by atoms with E-state index in [0.29, 0.717) is 43.0 Å². The van der Waals surface area contributed by atoms with Crippen LogP contribution in [0, 0.1) is 5.92 Å². The summed E-state index contributed by atoms with van der Waals surface area (Å²) >= 11 is 0. The lowest BCUT2D eigenvalue weighted by Crippen LogP contribution is -2.46. The predicted octanol–water partition coefficient (Wildman–Crippen LogP) is 4.79. The van der Waals surface area contributed by atoms with Gasteiger partial charge in [0, 0.05) is 31.0 Å². The monoisotopic (exact) mass is 429 g/mol. The van der Waals surface area contributed by atoms with E-state index in [1.807, 2.05) is 36.4 Å². The molecular weight excluding hydrogens is 400 g/mol. The average Bonchev–Trinajstić information content (AvgIpc) is 3.07. The number of methoxy groups -OCH3 is 2. The second-order valence-corrected chi connectivity index (χ2v) is 8.64. The molecule has 166 valence electrons. The van der Waals surface area contributed by atoms with Crippen LogP contribution in [-0.4, -0.2) is 50.0 Å². The van der Waals surface area contributed by atoms with Crippen molar-refractivity contribution in [2.75, 3.05) is 27.3 Å². The van der Waals surface area contributed by atoms with Gasteiger partial charge in [0.15, 0.2) is 23.6 Å². The van der Waals surface area contributed by atoms with Crippen LogP contribution in [0.15, 0.2) is 42.5 Å². The van der Waals surface area contributed by atoms with Crippen LogP contribution in [0.4, 0.5) is 8.78 Å². The van der Waals surface area contributed by atoms with Crippen LogP contribution in [-0.2, 0) is 12.8 Å². The Kier molecular flexibility index (Phi) is 6.28. The summed E-state index contributed by atoms with van der Waals surface area (Å²) in [6.45, 7) is 0.722. The Morgan fingerprint density at radius 3 is 2.39 bits per heavy atom. The third kappa shape index (κ3) is 4.59. The van der Waals surface area contributed by atoms with E-state index >= 15 is 4.39 Å². The van der Waals surface area contributed by atoms with Gasteiger partial charge >= 0.3 is 0 Å². The van der Waals surface area contributed by atoms with Gasteiger partial charge in [0.2, 0.25) is 0 Å². The molecule has 1 heterocycles. The number of likely N-dealkylation sites (tertiary alicyclic amines) is 1. The highest BCUT2D eigenvalue weighted by Gasteiger charge is 2.42. The zero-order chi connectivity index (χ0) is 22.0. The Bertz CT molecular complexity index is 926. The van der Waals surface area contributed by atoms with E-state index in [2.05, 4.69) is 0 Å². The van der Waals surface area contributed by atoms with Crippen molar-refractivity contribution in [2.24, 2.45) is 5.92 Å². The molecule has 4 rings (SSSR count). The van der Waals surface area contributed by atoms with Gasteiger partial charge in [0.05, 0.1) is 14.2 Å². The molecule has 0 aromatic heterocycles. The largest absolute Gasteiger partial charge is 0.493 e. The molecule has 1 aliphatic carbocycles. The average molecular weight is 430 g/mol. The van der Waals surface area contributed by atoms with Gasteiger partial charge in [0.1, 0.15) is 5.67 Å². The number of hydrogen-bond acceptors (Lipinski definition) is 4. The zero-order valence-electron chi connectivity index (χ0n) is 18.1. The Labute approximate surface area is 182 Å². The fraction of sp³-hybridized carbons (Fsp3) is 0.480. The van der Waals surface area contributed by atoms with E-state index in [1.54, 1.807) is 18.1 Å². The lowest BCUT2D eigenvalue weighted by molar-refractivity contribution is -0.0103. The summed E-state index contributed by atoms with van der Waals surface area (Å²) in [6.07, 6.45) is 0.354. The van der Waals surface area contributed by atoms with Crippen molar-refractivity contribution in [2.45, 2.75) is 44.1 Å². The van der Waals surface area contributed by atoms with Gasteiger partial charge in [-0.15, -0.1) is 0 Å². The number of fused-ring (bicyclic) bond motifs is 1. The Balaban J connectivity index is 1.36. The first-order valence-corrected chi connectivity index (χ1v) is 10.8. The van der Waals surface area contributed by atoms with Gasteiger partial charge in [-0.3, -0.25) is 9.69 Å². The molecule has 0 saturated carbocycles. The molecule has 0 N–H and O–H groups in total. The number of carbonyl (C=O) groups is 1. The van der Waals surface area contributed by atoms with Crippen LogP contribution in [0.25, 0.3) is 0 Å². The number of nitrogens with zero attached hydrogens (tertiary/aromatic N) is 1. The maximum atomic E-state index is 15.6. The highest BCUT2D eigenvalue weighted by Crippen LogP contribution is 2.42. The van der Waals surface area contributed by atoms with Crippen LogP contribution in [0.2, 0.25) is 0 Å². The summed E-state index contributed by atoms with van der Waals surface area (Å²) in [5.74, 6) is 0.646. The van der Waals surface area contributed by atoms with Crippen molar-refractivity contribution >= 4 is 5.78 Å². The summed E-state index contributed by atoms with van der Waals surface area (Å²) < 4.78 is 41.0. The molecule has 0 amide bonds. The molecule has 2 aromatic rings. The van der Waals surface area contributed by atoms with Crippen molar-refractivity contribution < 1.29 is 23.0 Å². The second-order valence-electron chi connectivity index (χ2n) is 8.64. The third-order valence-electron chi connectivity index (χ3n) is 6.66. The second kappa shape index (κ2) is 8.95. The van der Waals surface area contributed by atoms with E-state index in [0.717, 1.165) is 11.1 Å². The molecule has 4 nitrogen and oxygen atoms in total. The maximum absolute atomic E-state index is 15.6. The van der Waals surface area contributed by atoms with Gasteiger partial charge in [0.25, 0.3) is 0 Å². The zero-order valence-corrected chi connectivity index (χ0v) is 18.1. The minimum Gasteiger partial charge on any atom is -0.493 e. The topological polar surface area (TPSA) is 38.8 Å². The Morgan fingerprint density at radius 1 is 1.10 bits per heavy atom. The van der Waals surface area contributed by atoms with Gasteiger partial charge in [-0.25, -0.2) is 8.78 Å². The van der Waals surface area contributed by atoms with Crippen molar-refractivity contribution in [1.29, 1.82) is 0 Å². The van der Waals surface area contributed by atoms with Crippen LogP contribution in [0.5, 0.6) is 11.5 Å². The highest BCUT2D eigenvalue weighted by atomic mass is 19.1. The van der Waals surface area contributed by atoms with Crippen LogP contribution in [0.3, 0.4) is 0 Å². The number of piperidine rings is 1. The number of ether oxygens (including phenoxy) is 2. The fourth-order valence-corrected chi connectivity index (χ4v) is 4.85. The molecule has 0 bridgehead atoms. The molecule has 1 fully saturated rings. The molecule has 2 atom stereocenters. The van der Waals surface area contributed by atoms with Gasteiger partial charge in [-0.05, 0) is 48.9 Å². The van der Waals surface area contributed by atoms with Crippen molar-refractivity contribution in [1.82, 2.24) is 4.90 Å². The smallest absolute Gasteiger partial charge is 0.166 e. The number of halogens is 2. The quantitative estimate of drug-likeness (QED) is 0.593. The number of benzene rings is 2. The molecular formula is C25H29F2NO3. The standard InChI is InChI=1S/C25H29F2NO3/c1-30-21-14-18-13-19(24(29)20(18)15-22(21)31-2)16-25(27)8-10-28(11-9-25)23(26)12-17-6-4-3-5-7-17/h3-7,14-15,19,23H,8-13,16H2,1-2H3. The number of rotatable bonds is 7. The van der Waals surface area contributed by atoms with Gasteiger partial charge < -0.3 is 9.47 Å². The SMILES string of the molecule is COc1cc2c(cc1OC)C(=O)C(CC1(F)CCN(C(F)Cc3ccccc3)CC1)C2. The summed E-state index contributed by atoms with van der Waals surface area (Å²) in [7, 11) is 3.08. The predicted molar refractivity (Wildman–Crippen MR) is 115 cm³/mol. The minimum absolute atomic E-state index is 0.0390.